The van der Waals surface area contributed by atoms with Gasteiger partial charge in [0.25, 0.3) is 0 Å². The highest BCUT2D eigenvalue weighted by Gasteiger charge is 2.16. The van der Waals surface area contributed by atoms with Gasteiger partial charge in [0.1, 0.15) is 17.3 Å². The van der Waals surface area contributed by atoms with Crippen molar-refractivity contribution < 1.29 is 9.59 Å². The molecule has 3 heterocycles. The number of likely N-dealkylation sites (N-methyl/N-ethyl adjacent to an activating group) is 1. The van der Waals surface area contributed by atoms with Gasteiger partial charge in [-0.05, 0) is 57.6 Å². The number of fused-ring (bicyclic) bond motifs is 1. The lowest BCUT2D eigenvalue weighted by Crippen LogP contribution is -2.35. The second kappa shape index (κ2) is 9.84. The summed E-state index contributed by atoms with van der Waals surface area (Å²) in [6, 6.07) is 18.6. The van der Waals surface area contributed by atoms with Gasteiger partial charge in [-0.2, -0.15) is 0 Å². The van der Waals surface area contributed by atoms with Crippen LogP contribution in [0.3, 0.4) is 0 Å². The summed E-state index contributed by atoms with van der Waals surface area (Å²) in [5.41, 5.74) is 5.37. The van der Waals surface area contributed by atoms with E-state index in [1.165, 1.54) is 0 Å². The van der Waals surface area contributed by atoms with E-state index in [-0.39, 0.29) is 18.2 Å². The van der Waals surface area contributed by atoms with E-state index in [1.54, 1.807) is 20.0 Å². The predicted molar refractivity (Wildman–Crippen MR) is 134 cm³/mol. The summed E-state index contributed by atoms with van der Waals surface area (Å²) in [6.07, 6.45) is 0.223. The molecule has 4 rings (SSSR count). The molecule has 0 spiro atoms. The average Bonchev–Trinajstić information content (AvgIpc) is 3.12. The molecule has 3 aromatic heterocycles. The third-order valence-electron chi connectivity index (χ3n) is 5.78. The average molecular weight is 457 g/mol. The third-order valence-corrected chi connectivity index (χ3v) is 5.78. The topological polar surface area (TPSA) is 100 Å². The molecule has 0 aliphatic carbocycles. The Labute approximate surface area is 198 Å². The molecule has 1 atom stereocenters. The number of hydrogen-bond donors (Lipinski definition) is 3. The standard InChI is InChI=1S/C26H28N6O2/c1-16-18(3)32-21(11-8-12-24(32)28-16)20-14-22(29-23(15-20)31-26(34)17(2)27-4)30-25(33)13-19-9-6-5-7-10-19/h5-12,14-15,17,27H,13H2,1-4H3,(H2,29,30,31,33,34). The molecule has 0 saturated carbocycles. The molecular formula is C26H28N6O2. The lowest BCUT2D eigenvalue weighted by Gasteiger charge is -2.15. The summed E-state index contributed by atoms with van der Waals surface area (Å²) in [4.78, 5) is 34.4. The number of nitrogens with zero attached hydrogens (tertiary/aromatic N) is 3. The van der Waals surface area contributed by atoms with Crippen molar-refractivity contribution in [1.82, 2.24) is 19.7 Å². The summed E-state index contributed by atoms with van der Waals surface area (Å²) >= 11 is 0. The molecule has 0 aliphatic rings. The van der Waals surface area contributed by atoms with E-state index in [0.717, 1.165) is 33.9 Å². The Morgan fingerprint density at radius 1 is 0.941 bits per heavy atom. The van der Waals surface area contributed by atoms with Crippen LogP contribution in [0, 0.1) is 13.8 Å². The first-order chi connectivity index (χ1) is 16.4. The number of pyridine rings is 2. The van der Waals surface area contributed by atoms with Crippen molar-refractivity contribution in [3.05, 3.63) is 77.6 Å². The highest BCUT2D eigenvalue weighted by Crippen LogP contribution is 2.28. The molecule has 8 heteroatoms. The number of carbonyl (C=O) groups is 2. The monoisotopic (exact) mass is 456 g/mol. The van der Waals surface area contributed by atoms with E-state index in [9.17, 15) is 9.59 Å². The maximum absolute atomic E-state index is 12.7. The van der Waals surface area contributed by atoms with Crippen LogP contribution in [-0.2, 0) is 16.0 Å². The molecule has 2 amide bonds. The lowest BCUT2D eigenvalue weighted by atomic mass is 10.1. The minimum atomic E-state index is -0.399. The van der Waals surface area contributed by atoms with Crippen molar-refractivity contribution in [3.8, 4) is 11.3 Å². The molecule has 3 N–H and O–H groups in total. The number of aryl methyl sites for hydroxylation is 2. The van der Waals surface area contributed by atoms with Crippen LogP contribution in [0.5, 0.6) is 0 Å². The summed E-state index contributed by atoms with van der Waals surface area (Å²) in [5.74, 6) is 0.301. The van der Waals surface area contributed by atoms with E-state index < -0.39 is 6.04 Å². The summed E-state index contributed by atoms with van der Waals surface area (Å²) in [5, 5.41) is 8.65. The number of rotatable bonds is 7. The number of benzene rings is 1. The van der Waals surface area contributed by atoms with Crippen molar-refractivity contribution in [2.45, 2.75) is 33.2 Å². The minimum Gasteiger partial charge on any atom is -0.310 e. The fourth-order valence-corrected chi connectivity index (χ4v) is 3.72. The molecule has 0 fully saturated rings. The van der Waals surface area contributed by atoms with Crippen LogP contribution in [0.25, 0.3) is 16.9 Å². The normalized spacial score (nSPS) is 11.9. The predicted octanol–water partition coefficient (Wildman–Crippen LogP) is 3.74. The molecular weight excluding hydrogens is 428 g/mol. The second-order valence-electron chi connectivity index (χ2n) is 8.22. The van der Waals surface area contributed by atoms with Crippen molar-refractivity contribution in [2.24, 2.45) is 0 Å². The first-order valence-electron chi connectivity index (χ1n) is 11.1. The van der Waals surface area contributed by atoms with Gasteiger partial charge in [-0.25, -0.2) is 9.97 Å². The summed E-state index contributed by atoms with van der Waals surface area (Å²) in [6.45, 7) is 5.75. The van der Waals surface area contributed by atoms with Crippen LogP contribution in [0.2, 0.25) is 0 Å². The number of imidazole rings is 1. The SMILES string of the molecule is CNC(C)C(=O)Nc1cc(-c2cccc3nc(C)c(C)n23)cc(NC(=O)Cc2ccccc2)n1. The van der Waals surface area contributed by atoms with Gasteiger partial charge < -0.3 is 16.0 Å². The number of carbonyl (C=O) groups excluding carboxylic acids is 2. The zero-order chi connectivity index (χ0) is 24.2. The van der Waals surface area contributed by atoms with Crippen LogP contribution >= 0.6 is 0 Å². The number of nitrogens with one attached hydrogen (secondary N) is 3. The maximum Gasteiger partial charge on any atom is 0.242 e. The number of amides is 2. The molecule has 1 unspecified atom stereocenters. The fraction of sp³-hybridized carbons (Fsp3) is 0.231. The van der Waals surface area contributed by atoms with Gasteiger partial charge in [0, 0.05) is 11.3 Å². The molecule has 0 saturated heterocycles. The van der Waals surface area contributed by atoms with Gasteiger partial charge >= 0.3 is 0 Å². The smallest absolute Gasteiger partial charge is 0.242 e. The molecule has 1 aromatic carbocycles. The number of anilines is 2. The fourth-order valence-electron chi connectivity index (χ4n) is 3.72. The van der Waals surface area contributed by atoms with E-state index in [2.05, 4.69) is 30.3 Å². The lowest BCUT2D eigenvalue weighted by molar-refractivity contribution is -0.117. The maximum atomic E-state index is 12.7. The Hall–Kier alpha value is -4.04. The summed E-state index contributed by atoms with van der Waals surface area (Å²) < 4.78 is 2.06. The van der Waals surface area contributed by atoms with Crippen molar-refractivity contribution in [2.75, 3.05) is 17.7 Å². The first-order valence-corrected chi connectivity index (χ1v) is 11.1. The van der Waals surface area contributed by atoms with Gasteiger partial charge in [0.2, 0.25) is 11.8 Å². The van der Waals surface area contributed by atoms with E-state index in [0.29, 0.717) is 11.6 Å². The zero-order valence-electron chi connectivity index (χ0n) is 19.7. The molecule has 34 heavy (non-hydrogen) atoms. The first kappa shape index (κ1) is 23.1. The van der Waals surface area contributed by atoms with Gasteiger partial charge in [-0.3, -0.25) is 14.0 Å². The van der Waals surface area contributed by atoms with Crippen LogP contribution in [-0.4, -0.2) is 39.3 Å². The van der Waals surface area contributed by atoms with Crippen molar-refractivity contribution >= 4 is 29.1 Å². The second-order valence-corrected chi connectivity index (χ2v) is 8.22. The van der Waals surface area contributed by atoms with Gasteiger partial charge in [0.15, 0.2) is 0 Å². The Bertz CT molecular complexity index is 1350. The van der Waals surface area contributed by atoms with Crippen LogP contribution in [0.1, 0.15) is 23.9 Å². The van der Waals surface area contributed by atoms with E-state index in [4.69, 9.17) is 0 Å². The van der Waals surface area contributed by atoms with E-state index in [1.807, 2.05) is 68.4 Å². The van der Waals surface area contributed by atoms with Crippen LogP contribution in [0.15, 0.2) is 60.7 Å². The van der Waals surface area contributed by atoms with Crippen molar-refractivity contribution in [3.63, 3.8) is 0 Å². The molecule has 4 aromatic rings. The van der Waals surface area contributed by atoms with Crippen LogP contribution in [0.4, 0.5) is 11.6 Å². The Morgan fingerprint density at radius 2 is 1.65 bits per heavy atom. The highest BCUT2D eigenvalue weighted by atomic mass is 16.2. The van der Waals surface area contributed by atoms with Gasteiger partial charge in [0.05, 0.1) is 23.9 Å². The molecule has 0 aliphatic heterocycles. The van der Waals surface area contributed by atoms with Gasteiger partial charge in [-0.1, -0.05) is 36.4 Å². The zero-order valence-corrected chi connectivity index (χ0v) is 19.7. The Morgan fingerprint density at radius 3 is 2.35 bits per heavy atom. The summed E-state index contributed by atoms with van der Waals surface area (Å²) in [7, 11) is 1.72. The molecule has 0 bridgehead atoms. The Kier molecular flexibility index (Phi) is 6.70. The highest BCUT2D eigenvalue weighted by molar-refractivity contribution is 5.96. The van der Waals surface area contributed by atoms with Gasteiger partial charge in [-0.15, -0.1) is 0 Å². The van der Waals surface area contributed by atoms with Crippen LogP contribution < -0.4 is 16.0 Å². The quantitative estimate of drug-likeness (QED) is 0.393. The number of hydrogen-bond acceptors (Lipinski definition) is 5. The largest absolute Gasteiger partial charge is 0.310 e. The molecule has 174 valence electrons. The minimum absolute atomic E-state index is 0.190. The molecule has 0 radical (unpaired) electrons. The Balaban J connectivity index is 1.73. The van der Waals surface area contributed by atoms with E-state index >= 15 is 0 Å². The van der Waals surface area contributed by atoms with Crippen molar-refractivity contribution in [1.29, 1.82) is 0 Å². The molecule has 8 nitrogen and oxygen atoms in total. The number of aromatic nitrogens is 3. The third kappa shape index (κ3) is 4.97.